The standard InChI is InChI=1S/C6H5Br2N3O/c1-3(12)9-6-10-4(7)2-5(8)11-6/h2H,1H3,(H,9,10,11,12). The van der Waals surface area contributed by atoms with Crippen molar-refractivity contribution in [2.75, 3.05) is 5.32 Å². The Morgan fingerprint density at radius 3 is 2.33 bits per heavy atom. The summed E-state index contributed by atoms with van der Waals surface area (Å²) in [4.78, 5) is 18.4. The third-order valence-corrected chi connectivity index (χ3v) is 1.76. The fraction of sp³-hybridized carbons (Fsp3) is 0.167. The Kier molecular flexibility index (Phi) is 3.16. The van der Waals surface area contributed by atoms with Crippen molar-refractivity contribution in [3.05, 3.63) is 15.3 Å². The number of carbonyl (C=O) groups is 1. The van der Waals surface area contributed by atoms with E-state index in [1.807, 2.05) is 0 Å². The van der Waals surface area contributed by atoms with E-state index in [1.165, 1.54) is 6.92 Å². The molecule has 0 unspecified atom stereocenters. The number of amides is 1. The Labute approximate surface area is 86.0 Å². The first-order chi connectivity index (χ1) is 5.58. The summed E-state index contributed by atoms with van der Waals surface area (Å²) in [6.45, 7) is 1.40. The molecule has 1 rings (SSSR count). The highest BCUT2D eigenvalue weighted by Crippen LogP contribution is 2.15. The molecule has 1 aromatic heterocycles. The lowest BCUT2D eigenvalue weighted by Crippen LogP contribution is -2.09. The highest BCUT2D eigenvalue weighted by molar-refractivity contribution is 9.11. The van der Waals surface area contributed by atoms with Gasteiger partial charge in [0.15, 0.2) is 0 Å². The van der Waals surface area contributed by atoms with Crippen LogP contribution in [0.2, 0.25) is 0 Å². The van der Waals surface area contributed by atoms with Crippen molar-refractivity contribution < 1.29 is 4.79 Å². The number of hydrogen-bond donors (Lipinski definition) is 1. The highest BCUT2D eigenvalue weighted by atomic mass is 79.9. The molecular weight excluding hydrogens is 290 g/mol. The van der Waals surface area contributed by atoms with Gasteiger partial charge in [-0.15, -0.1) is 0 Å². The van der Waals surface area contributed by atoms with E-state index >= 15 is 0 Å². The van der Waals surface area contributed by atoms with Crippen molar-refractivity contribution in [3.8, 4) is 0 Å². The quantitative estimate of drug-likeness (QED) is 0.806. The molecule has 6 heteroatoms. The maximum absolute atomic E-state index is 10.6. The maximum atomic E-state index is 10.6. The van der Waals surface area contributed by atoms with Crippen LogP contribution in [0.25, 0.3) is 0 Å². The Morgan fingerprint density at radius 1 is 1.42 bits per heavy atom. The van der Waals surface area contributed by atoms with E-state index in [0.717, 1.165) is 0 Å². The summed E-state index contributed by atoms with van der Waals surface area (Å²) in [6.07, 6.45) is 0. The van der Waals surface area contributed by atoms with Gasteiger partial charge in [0.25, 0.3) is 0 Å². The van der Waals surface area contributed by atoms with Gasteiger partial charge in [0.2, 0.25) is 11.9 Å². The van der Waals surface area contributed by atoms with Gasteiger partial charge in [-0.05, 0) is 31.9 Å². The van der Waals surface area contributed by atoms with Crippen LogP contribution in [0.3, 0.4) is 0 Å². The van der Waals surface area contributed by atoms with Crippen LogP contribution in [0.4, 0.5) is 5.95 Å². The molecule has 1 amide bonds. The van der Waals surface area contributed by atoms with Gasteiger partial charge in [-0.2, -0.15) is 0 Å². The molecule has 0 saturated heterocycles. The Bertz CT molecular complexity index is 295. The summed E-state index contributed by atoms with van der Waals surface area (Å²) in [5.41, 5.74) is 0. The fourth-order valence-corrected chi connectivity index (χ4v) is 1.68. The Morgan fingerprint density at radius 2 is 1.92 bits per heavy atom. The molecule has 0 aliphatic rings. The van der Waals surface area contributed by atoms with Crippen LogP contribution in [-0.4, -0.2) is 15.9 Å². The molecule has 64 valence electrons. The summed E-state index contributed by atoms with van der Waals surface area (Å²) in [5.74, 6) is 0.0868. The van der Waals surface area contributed by atoms with Gasteiger partial charge in [0.05, 0.1) is 0 Å². The van der Waals surface area contributed by atoms with E-state index in [4.69, 9.17) is 0 Å². The molecule has 12 heavy (non-hydrogen) atoms. The Hall–Kier alpha value is -0.490. The number of rotatable bonds is 1. The third kappa shape index (κ3) is 2.86. The van der Waals surface area contributed by atoms with Gasteiger partial charge < -0.3 is 0 Å². The topological polar surface area (TPSA) is 54.9 Å². The van der Waals surface area contributed by atoms with Gasteiger partial charge in [-0.1, -0.05) is 0 Å². The number of nitrogens with one attached hydrogen (secondary N) is 1. The lowest BCUT2D eigenvalue weighted by Gasteiger charge is -2.00. The van der Waals surface area contributed by atoms with Crippen LogP contribution in [0.15, 0.2) is 15.3 Å². The van der Waals surface area contributed by atoms with E-state index < -0.39 is 0 Å². The van der Waals surface area contributed by atoms with Crippen molar-refractivity contribution in [2.24, 2.45) is 0 Å². The average molecular weight is 295 g/mol. The summed E-state index contributed by atoms with van der Waals surface area (Å²) in [5, 5.41) is 2.47. The van der Waals surface area contributed by atoms with Crippen molar-refractivity contribution in [3.63, 3.8) is 0 Å². The maximum Gasteiger partial charge on any atom is 0.231 e. The van der Waals surface area contributed by atoms with Crippen LogP contribution in [-0.2, 0) is 4.79 Å². The number of halogens is 2. The number of aromatic nitrogens is 2. The molecule has 0 spiro atoms. The predicted octanol–water partition coefficient (Wildman–Crippen LogP) is 1.96. The molecule has 1 aromatic rings. The van der Waals surface area contributed by atoms with Crippen molar-refractivity contribution in [1.82, 2.24) is 9.97 Å². The number of nitrogens with zero attached hydrogens (tertiary/aromatic N) is 2. The van der Waals surface area contributed by atoms with Crippen LogP contribution < -0.4 is 5.32 Å². The van der Waals surface area contributed by atoms with Gasteiger partial charge >= 0.3 is 0 Å². The van der Waals surface area contributed by atoms with E-state index in [-0.39, 0.29) is 11.9 Å². The second kappa shape index (κ2) is 3.95. The average Bonchev–Trinajstić information content (AvgIpc) is 1.81. The van der Waals surface area contributed by atoms with E-state index in [2.05, 4.69) is 47.1 Å². The lowest BCUT2D eigenvalue weighted by atomic mass is 10.6. The first-order valence-electron chi connectivity index (χ1n) is 3.05. The zero-order valence-electron chi connectivity index (χ0n) is 6.14. The number of carbonyl (C=O) groups excluding carboxylic acids is 1. The molecule has 1 heterocycles. The van der Waals surface area contributed by atoms with Crippen molar-refractivity contribution in [2.45, 2.75) is 6.92 Å². The molecule has 0 aliphatic carbocycles. The van der Waals surface area contributed by atoms with Gasteiger partial charge in [-0.3, -0.25) is 10.1 Å². The third-order valence-electron chi connectivity index (χ3n) is 0.951. The second-order valence-corrected chi connectivity index (χ2v) is 3.64. The summed E-state index contributed by atoms with van der Waals surface area (Å²) >= 11 is 6.34. The number of hydrogen-bond acceptors (Lipinski definition) is 3. The first kappa shape index (κ1) is 9.60. The Balaban J connectivity index is 2.93. The van der Waals surface area contributed by atoms with Crippen LogP contribution in [0.1, 0.15) is 6.92 Å². The van der Waals surface area contributed by atoms with Crippen molar-refractivity contribution >= 4 is 43.7 Å². The van der Waals surface area contributed by atoms with E-state index in [1.54, 1.807) is 6.07 Å². The molecule has 4 nitrogen and oxygen atoms in total. The minimum absolute atomic E-state index is 0.194. The summed E-state index contributed by atoms with van der Waals surface area (Å²) < 4.78 is 1.24. The molecule has 0 aliphatic heterocycles. The summed E-state index contributed by atoms with van der Waals surface area (Å²) in [6, 6.07) is 1.69. The molecule has 0 radical (unpaired) electrons. The first-order valence-corrected chi connectivity index (χ1v) is 4.64. The minimum Gasteiger partial charge on any atom is -0.295 e. The molecule has 0 aromatic carbocycles. The fourth-order valence-electron chi connectivity index (χ4n) is 0.604. The SMILES string of the molecule is CC(=O)Nc1nc(Br)cc(Br)n1. The van der Waals surface area contributed by atoms with Gasteiger partial charge in [0, 0.05) is 13.0 Å². The lowest BCUT2D eigenvalue weighted by molar-refractivity contribution is -0.114. The van der Waals surface area contributed by atoms with Crippen LogP contribution in [0, 0.1) is 0 Å². The van der Waals surface area contributed by atoms with Gasteiger partial charge in [0.1, 0.15) is 9.21 Å². The molecule has 0 fully saturated rings. The van der Waals surface area contributed by atoms with Crippen molar-refractivity contribution in [1.29, 1.82) is 0 Å². The van der Waals surface area contributed by atoms with Gasteiger partial charge in [-0.25, -0.2) is 9.97 Å². The normalized spacial score (nSPS) is 9.58. The highest BCUT2D eigenvalue weighted by Gasteiger charge is 2.01. The van der Waals surface area contributed by atoms with Crippen LogP contribution in [0.5, 0.6) is 0 Å². The summed E-state index contributed by atoms with van der Waals surface area (Å²) in [7, 11) is 0. The monoisotopic (exact) mass is 293 g/mol. The molecule has 0 bridgehead atoms. The van der Waals surface area contributed by atoms with E-state index in [9.17, 15) is 4.79 Å². The number of anilines is 1. The smallest absolute Gasteiger partial charge is 0.231 e. The molecule has 0 atom stereocenters. The molecule has 1 N–H and O–H groups in total. The van der Waals surface area contributed by atoms with Crippen LogP contribution >= 0.6 is 31.9 Å². The second-order valence-electron chi connectivity index (χ2n) is 2.02. The molecule has 0 saturated carbocycles. The molecular formula is C6H5Br2N3O. The zero-order chi connectivity index (χ0) is 9.14. The zero-order valence-corrected chi connectivity index (χ0v) is 9.31. The van der Waals surface area contributed by atoms with E-state index in [0.29, 0.717) is 9.21 Å². The predicted molar refractivity (Wildman–Crippen MR) is 51.7 cm³/mol. The minimum atomic E-state index is -0.194. The largest absolute Gasteiger partial charge is 0.295 e.